The first kappa shape index (κ1) is 12.1. The summed E-state index contributed by atoms with van der Waals surface area (Å²) in [5.74, 6) is 1.26. The molecule has 0 saturated heterocycles. The Bertz CT molecular complexity index is 291. The van der Waals surface area contributed by atoms with Gasteiger partial charge in [0, 0.05) is 13.0 Å². The van der Waals surface area contributed by atoms with Gasteiger partial charge in [0.2, 0.25) is 0 Å². The summed E-state index contributed by atoms with van der Waals surface area (Å²) >= 11 is 0. The first-order chi connectivity index (χ1) is 7.01. The summed E-state index contributed by atoms with van der Waals surface area (Å²) in [6, 6.07) is 0. The maximum absolute atomic E-state index is 5.52. The van der Waals surface area contributed by atoms with Crippen molar-refractivity contribution in [1.82, 2.24) is 15.5 Å². The minimum absolute atomic E-state index is 0.181. The molecule has 1 aromatic rings. The average molecular weight is 213 g/mol. The fourth-order valence-electron chi connectivity index (χ4n) is 0.965. The second-order valence-electron chi connectivity index (χ2n) is 4.36. The van der Waals surface area contributed by atoms with Crippen molar-refractivity contribution in [3.05, 3.63) is 11.7 Å². The van der Waals surface area contributed by atoms with Crippen molar-refractivity contribution in [2.75, 3.05) is 13.6 Å². The number of nitrogens with zero attached hydrogens (tertiary/aromatic N) is 2. The molecule has 86 valence electrons. The quantitative estimate of drug-likeness (QED) is 0.795. The lowest BCUT2D eigenvalue weighted by molar-refractivity contribution is -0.0260. The second-order valence-corrected chi connectivity index (χ2v) is 4.36. The standard InChI is InChI=1S/C10H19N3O2/c1-10(2,3)14-7-9-12-8(13-15-9)5-6-11-4/h11H,5-7H2,1-4H3. The van der Waals surface area contributed by atoms with Crippen LogP contribution in [0.1, 0.15) is 32.5 Å². The van der Waals surface area contributed by atoms with Crippen molar-refractivity contribution >= 4 is 0 Å². The van der Waals surface area contributed by atoms with E-state index in [-0.39, 0.29) is 5.60 Å². The smallest absolute Gasteiger partial charge is 0.252 e. The molecule has 0 spiro atoms. The number of hydrogen-bond donors (Lipinski definition) is 1. The highest BCUT2D eigenvalue weighted by Gasteiger charge is 2.13. The Labute approximate surface area is 90.2 Å². The SMILES string of the molecule is CNCCc1noc(COC(C)(C)C)n1. The highest BCUT2D eigenvalue weighted by atomic mass is 16.5. The van der Waals surface area contributed by atoms with Gasteiger partial charge >= 0.3 is 0 Å². The van der Waals surface area contributed by atoms with E-state index < -0.39 is 0 Å². The van der Waals surface area contributed by atoms with E-state index in [0.717, 1.165) is 18.8 Å². The van der Waals surface area contributed by atoms with Crippen LogP contribution in [0.3, 0.4) is 0 Å². The molecule has 0 fully saturated rings. The van der Waals surface area contributed by atoms with Crippen LogP contribution in [0, 0.1) is 0 Å². The molecule has 0 atom stereocenters. The van der Waals surface area contributed by atoms with E-state index in [9.17, 15) is 0 Å². The molecule has 0 aliphatic carbocycles. The molecular weight excluding hydrogens is 194 g/mol. The first-order valence-corrected chi connectivity index (χ1v) is 5.11. The number of nitrogens with one attached hydrogen (secondary N) is 1. The monoisotopic (exact) mass is 213 g/mol. The van der Waals surface area contributed by atoms with Crippen molar-refractivity contribution in [3.8, 4) is 0 Å². The fourth-order valence-corrected chi connectivity index (χ4v) is 0.965. The summed E-state index contributed by atoms with van der Waals surface area (Å²) in [7, 11) is 1.89. The van der Waals surface area contributed by atoms with E-state index in [1.54, 1.807) is 0 Å². The molecule has 0 radical (unpaired) electrons. The van der Waals surface area contributed by atoms with Gasteiger partial charge in [0.15, 0.2) is 5.82 Å². The molecule has 5 heteroatoms. The van der Waals surface area contributed by atoms with Crippen molar-refractivity contribution in [3.63, 3.8) is 0 Å². The van der Waals surface area contributed by atoms with E-state index in [1.165, 1.54) is 0 Å². The van der Waals surface area contributed by atoms with Gasteiger partial charge < -0.3 is 14.6 Å². The van der Waals surface area contributed by atoms with Gasteiger partial charge in [-0.05, 0) is 27.8 Å². The van der Waals surface area contributed by atoms with E-state index in [2.05, 4.69) is 15.5 Å². The third-order valence-corrected chi connectivity index (χ3v) is 1.74. The number of rotatable bonds is 5. The summed E-state index contributed by atoms with van der Waals surface area (Å²) in [5.41, 5.74) is -0.181. The van der Waals surface area contributed by atoms with Gasteiger partial charge in [-0.2, -0.15) is 4.98 Å². The van der Waals surface area contributed by atoms with Crippen LogP contribution in [0.2, 0.25) is 0 Å². The van der Waals surface area contributed by atoms with Gasteiger partial charge in [-0.25, -0.2) is 0 Å². The molecule has 5 nitrogen and oxygen atoms in total. The molecule has 0 aliphatic heterocycles. The zero-order valence-electron chi connectivity index (χ0n) is 9.83. The Morgan fingerprint density at radius 2 is 2.13 bits per heavy atom. The van der Waals surface area contributed by atoms with Gasteiger partial charge in [-0.15, -0.1) is 0 Å². The molecule has 0 amide bonds. The van der Waals surface area contributed by atoms with Crippen LogP contribution in [0.25, 0.3) is 0 Å². The maximum atomic E-state index is 5.52. The average Bonchev–Trinajstić information content (AvgIpc) is 2.58. The summed E-state index contributed by atoms with van der Waals surface area (Å²) in [5, 5.41) is 6.88. The molecule has 0 unspecified atom stereocenters. The molecule has 0 aromatic carbocycles. The van der Waals surface area contributed by atoms with Crippen molar-refractivity contribution < 1.29 is 9.26 Å². The normalized spacial score (nSPS) is 12.0. The van der Waals surface area contributed by atoms with E-state index in [4.69, 9.17) is 9.26 Å². The number of hydrogen-bond acceptors (Lipinski definition) is 5. The highest BCUT2D eigenvalue weighted by Crippen LogP contribution is 2.10. The largest absolute Gasteiger partial charge is 0.366 e. The Balaban J connectivity index is 2.39. The minimum atomic E-state index is -0.181. The Hall–Kier alpha value is -0.940. The van der Waals surface area contributed by atoms with Crippen LogP contribution in [0.4, 0.5) is 0 Å². The summed E-state index contributed by atoms with van der Waals surface area (Å²) in [6.07, 6.45) is 0.773. The number of likely N-dealkylation sites (N-methyl/N-ethyl adjacent to an activating group) is 1. The predicted molar refractivity (Wildman–Crippen MR) is 56.5 cm³/mol. The van der Waals surface area contributed by atoms with Crippen LogP contribution in [-0.4, -0.2) is 29.3 Å². The first-order valence-electron chi connectivity index (χ1n) is 5.11. The predicted octanol–water partition coefficient (Wildman–Crippen LogP) is 1.15. The molecule has 0 aliphatic rings. The zero-order chi connectivity index (χ0) is 11.3. The van der Waals surface area contributed by atoms with E-state index in [1.807, 2.05) is 27.8 Å². The molecule has 1 aromatic heterocycles. The lowest BCUT2D eigenvalue weighted by Gasteiger charge is -2.17. The van der Waals surface area contributed by atoms with E-state index in [0.29, 0.717) is 12.5 Å². The van der Waals surface area contributed by atoms with Gasteiger partial charge in [-0.1, -0.05) is 5.16 Å². The van der Waals surface area contributed by atoms with Crippen molar-refractivity contribution in [1.29, 1.82) is 0 Å². The Kier molecular flexibility index (Phi) is 4.23. The van der Waals surface area contributed by atoms with Gasteiger partial charge in [0.1, 0.15) is 6.61 Å². The molecule has 1 heterocycles. The lowest BCUT2D eigenvalue weighted by atomic mass is 10.2. The van der Waals surface area contributed by atoms with Crippen LogP contribution in [0.5, 0.6) is 0 Å². The molecule has 15 heavy (non-hydrogen) atoms. The van der Waals surface area contributed by atoms with Crippen LogP contribution < -0.4 is 5.32 Å². The third kappa shape index (κ3) is 4.90. The van der Waals surface area contributed by atoms with Crippen LogP contribution in [0.15, 0.2) is 4.52 Å². The maximum Gasteiger partial charge on any atom is 0.252 e. The number of ether oxygens (including phenoxy) is 1. The lowest BCUT2D eigenvalue weighted by Crippen LogP contribution is -2.18. The summed E-state index contributed by atoms with van der Waals surface area (Å²) in [4.78, 5) is 4.21. The van der Waals surface area contributed by atoms with Gasteiger partial charge in [-0.3, -0.25) is 0 Å². The topological polar surface area (TPSA) is 60.2 Å². The van der Waals surface area contributed by atoms with Gasteiger partial charge in [0.25, 0.3) is 5.89 Å². The minimum Gasteiger partial charge on any atom is -0.366 e. The van der Waals surface area contributed by atoms with Crippen LogP contribution >= 0.6 is 0 Å². The molecule has 0 saturated carbocycles. The zero-order valence-corrected chi connectivity index (χ0v) is 9.83. The molecular formula is C10H19N3O2. The fraction of sp³-hybridized carbons (Fsp3) is 0.800. The van der Waals surface area contributed by atoms with Crippen molar-refractivity contribution in [2.45, 2.75) is 39.4 Å². The molecule has 1 rings (SSSR count). The third-order valence-electron chi connectivity index (χ3n) is 1.74. The summed E-state index contributed by atoms with van der Waals surface area (Å²) < 4.78 is 10.6. The second kappa shape index (κ2) is 5.23. The molecule has 1 N–H and O–H groups in total. The Morgan fingerprint density at radius 1 is 1.40 bits per heavy atom. The van der Waals surface area contributed by atoms with Gasteiger partial charge in [0.05, 0.1) is 5.60 Å². The Morgan fingerprint density at radius 3 is 2.73 bits per heavy atom. The summed E-state index contributed by atoms with van der Waals surface area (Å²) in [6.45, 7) is 7.19. The van der Waals surface area contributed by atoms with Crippen LogP contribution in [-0.2, 0) is 17.8 Å². The van der Waals surface area contributed by atoms with E-state index >= 15 is 0 Å². The number of aromatic nitrogens is 2. The highest BCUT2D eigenvalue weighted by molar-refractivity contribution is 4.85. The van der Waals surface area contributed by atoms with Crippen molar-refractivity contribution in [2.24, 2.45) is 0 Å². The molecule has 0 bridgehead atoms.